The van der Waals surface area contributed by atoms with Gasteiger partial charge in [0.05, 0.1) is 12.6 Å². The number of halogens is 1. The molecule has 0 aliphatic heterocycles. The van der Waals surface area contributed by atoms with Crippen molar-refractivity contribution in [3.63, 3.8) is 0 Å². The Bertz CT molecular complexity index is 339. The highest BCUT2D eigenvalue weighted by Crippen LogP contribution is 2.24. The first kappa shape index (κ1) is 12.5. The van der Waals surface area contributed by atoms with E-state index in [1.165, 1.54) is 16.7 Å². The third-order valence-corrected chi connectivity index (χ3v) is 3.57. The lowest BCUT2D eigenvalue weighted by Gasteiger charge is -2.17. The molecule has 0 aliphatic carbocycles. The number of benzene rings is 1. The third kappa shape index (κ3) is 2.95. The standard InChI is InChI=1S/C12H18BrNO/c1-9-10(2)12(15-4)6-5-11(9)7-14(3)8-13/h5-6H,7-8H2,1-4H3. The Morgan fingerprint density at radius 2 is 1.93 bits per heavy atom. The fraction of sp³-hybridized carbons (Fsp3) is 0.500. The van der Waals surface area contributed by atoms with Crippen molar-refractivity contribution in [1.29, 1.82) is 0 Å². The van der Waals surface area contributed by atoms with Crippen molar-refractivity contribution in [2.45, 2.75) is 20.4 Å². The van der Waals surface area contributed by atoms with Crippen LogP contribution in [0, 0.1) is 13.8 Å². The van der Waals surface area contributed by atoms with Crippen molar-refractivity contribution in [2.75, 3.05) is 19.6 Å². The first-order valence-electron chi connectivity index (χ1n) is 4.97. The van der Waals surface area contributed by atoms with Crippen LogP contribution >= 0.6 is 15.9 Å². The van der Waals surface area contributed by atoms with E-state index in [-0.39, 0.29) is 0 Å². The lowest BCUT2D eigenvalue weighted by Crippen LogP contribution is -2.16. The molecular formula is C12H18BrNO. The quantitative estimate of drug-likeness (QED) is 0.617. The minimum atomic E-state index is 0.886. The molecule has 0 heterocycles. The summed E-state index contributed by atoms with van der Waals surface area (Å²) in [5.74, 6) is 0.970. The van der Waals surface area contributed by atoms with E-state index < -0.39 is 0 Å². The number of ether oxygens (including phenoxy) is 1. The van der Waals surface area contributed by atoms with Crippen molar-refractivity contribution in [1.82, 2.24) is 4.90 Å². The minimum absolute atomic E-state index is 0.886. The van der Waals surface area contributed by atoms with Gasteiger partial charge in [0.1, 0.15) is 5.75 Å². The molecule has 3 heteroatoms. The average Bonchev–Trinajstić information content (AvgIpc) is 2.25. The Morgan fingerprint density at radius 3 is 2.47 bits per heavy atom. The summed E-state index contributed by atoms with van der Waals surface area (Å²) in [7, 11) is 3.81. The van der Waals surface area contributed by atoms with Crippen molar-refractivity contribution in [2.24, 2.45) is 0 Å². The van der Waals surface area contributed by atoms with Crippen LogP contribution in [0.15, 0.2) is 12.1 Å². The van der Waals surface area contributed by atoms with E-state index in [0.717, 1.165) is 17.7 Å². The van der Waals surface area contributed by atoms with Crippen molar-refractivity contribution in [3.8, 4) is 5.75 Å². The summed E-state index contributed by atoms with van der Waals surface area (Å²) in [5, 5.41) is 0. The molecule has 0 saturated heterocycles. The SMILES string of the molecule is COc1ccc(CN(C)CBr)c(C)c1C. The number of rotatable bonds is 4. The van der Waals surface area contributed by atoms with Gasteiger partial charge in [-0.05, 0) is 43.7 Å². The first-order valence-corrected chi connectivity index (χ1v) is 6.10. The zero-order chi connectivity index (χ0) is 11.4. The molecule has 1 aromatic carbocycles. The molecule has 0 radical (unpaired) electrons. The highest BCUT2D eigenvalue weighted by atomic mass is 79.9. The Balaban J connectivity index is 2.96. The molecule has 0 spiro atoms. The number of hydrogen-bond donors (Lipinski definition) is 0. The van der Waals surface area contributed by atoms with Crippen molar-refractivity contribution < 1.29 is 4.74 Å². The van der Waals surface area contributed by atoms with Crippen LogP contribution in [-0.2, 0) is 6.54 Å². The molecule has 0 aliphatic rings. The van der Waals surface area contributed by atoms with Crippen LogP contribution in [0.5, 0.6) is 5.75 Å². The van der Waals surface area contributed by atoms with Crippen LogP contribution < -0.4 is 4.74 Å². The van der Waals surface area contributed by atoms with Gasteiger partial charge in [0.2, 0.25) is 0 Å². The average molecular weight is 272 g/mol. The van der Waals surface area contributed by atoms with Gasteiger partial charge in [-0.25, -0.2) is 0 Å². The Hall–Kier alpha value is -0.540. The number of hydrogen-bond acceptors (Lipinski definition) is 2. The molecule has 0 atom stereocenters. The number of methoxy groups -OCH3 is 1. The Kier molecular flexibility index (Phi) is 4.61. The van der Waals surface area contributed by atoms with Gasteiger partial charge < -0.3 is 4.74 Å². The van der Waals surface area contributed by atoms with E-state index in [1.807, 2.05) is 6.07 Å². The van der Waals surface area contributed by atoms with Crippen LogP contribution in [0.25, 0.3) is 0 Å². The van der Waals surface area contributed by atoms with Gasteiger partial charge >= 0.3 is 0 Å². The first-order chi connectivity index (χ1) is 7.10. The third-order valence-electron chi connectivity index (χ3n) is 2.71. The van der Waals surface area contributed by atoms with E-state index in [0.29, 0.717) is 0 Å². The summed E-state index contributed by atoms with van der Waals surface area (Å²) in [5.41, 5.74) is 4.80. The summed E-state index contributed by atoms with van der Waals surface area (Å²) in [6, 6.07) is 4.18. The Morgan fingerprint density at radius 1 is 1.27 bits per heavy atom. The summed E-state index contributed by atoms with van der Waals surface area (Å²) >= 11 is 3.44. The molecular weight excluding hydrogens is 254 g/mol. The van der Waals surface area contributed by atoms with E-state index in [9.17, 15) is 0 Å². The molecule has 1 rings (SSSR count). The molecule has 84 valence electrons. The molecule has 0 N–H and O–H groups in total. The van der Waals surface area contributed by atoms with Crippen LogP contribution in [0.3, 0.4) is 0 Å². The van der Waals surface area contributed by atoms with E-state index in [4.69, 9.17) is 4.74 Å². The second kappa shape index (κ2) is 5.52. The van der Waals surface area contributed by atoms with Gasteiger partial charge in [-0.15, -0.1) is 0 Å². The minimum Gasteiger partial charge on any atom is -0.496 e. The van der Waals surface area contributed by atoms with Crippen LogP contribution in [-0.4, -0.2) is 24.5 Å². The maximum absolute atomic E-state index is 5.29. The zero-order valence-electron chi connectivity index (χ0n) is 9.80. The van der Waals surface area contributed by atoms with Crippen LogP contribution in [0.2, 0.25) is 0 Å². The largest absolute Gasteiger partial charge is 0.496 e. The molecule has 0 saturated carbocycles. The van der Waals surface area contributed by atoms with Crippen LogP contribution in [0.1, 0.15) is 16.7 Å². The molecule has 15 heavy (non-hydrogen) atoms. The van der Waals surface area contributed by atoms with E-state index in [2.05, 4.69) is 47.8 Å². The predicted molar refractivity (Wildman–Crippen MR) is 67.7 cm³/mol. The van der Waals surface area contributed by atoms with Gasteiger partial charge in [-0.1, -0.05) is 22.0 Å². The van der Waals surface area contributed by atoms with Crippen molar-refractivity contribution >= 4 is 15.9 Å². The molecule has 0 amide bonds. The molecule has 0 bridgehead atoms. The van der Waals surface area contributed by atoms with Gasteiger partial charge in [0.15, 0.2) is 0 Å². The smallest absolute Gasteiger partial charge is 0.122 e. The summed E-state index contributed by atoms with van der Waals surface area (Å²) in [6.07, 6.45) is 0. The maximum atomic E-state index is 5.29. The molecule has 0 fully saturated rings. The van der Waals surface area contributed by atoms with Gasteiger partial charge in [-0.3, -0.25) is 4.90 Å². The lowest BCUT2D eigenvalue weighted by molar-refractivity contribution is 0.386. The normalized spacial score (nSPS) is 10.8. The highest BCUT2D eigenvalue weighted by Gasteiger charge is 2.07. The second-order valence-corrected chi connectivity index (χ2v) is 4.31. The van der Waals surface area contributed by atoms with Gasteiger partial charge in [0, 0.05) is 6.54 Å². The second-order valence-electron chi connectivity index (χ2n) is 3.81. The fourth-order valence-corrected chi connectivity index (χ4v) is 1.75. The summed E-state index contributed by atoms with van der Waals surface area (Å²) < 4.78 is 5.29. The number of nitrogens with zero attached hydrogens (tertiary/aromatic N) is 1. The monoisotopic (exact) mass is 271 g/mol. The van der Waals surface area contributed by atoms with Gasteiger partial charge in [0.25, 0.3) is 0 Å². The molecule has 0 aromatic heterocycles. The summed E-state index contributed by atoms with van der Waals surface area (Å²) in [6.45, 7) is 5.21. The molecule has 0 unspecified atom stereocenters. The van der Waals surface area contributed by atoms with E-state index in [1.54, 1.807) is 7.11 Å². The fourth-order valence-electron chi connectivity index (χ4n) is 1.58. The predicted octanol–water partition coefficient (Wildman–Crippen LogP) is 3.10. The van der Waals surface area contributed by atoms with Crippen LogP contribution in [0.4, 0.5) is 0 Å². The highest BCUT2D eigenvalue weighted by molar-refractivity contribution is 9.09. The van der Waals surface area contributed by atoms with Gasteiger partial charge in [-0.2, -0.15) is 0 Å². The number of alkyl halides is 1. The molecule has 2 nitrogen and oxygen atoms in total. The van der Waals surface area contributed by atoms with Crippen molar-refractivity contribution in [3.05, 3.63) is 28.8 Å². The maximum Gasteiger partial charge on any atom is 0.122 e. The van der Waals surface area contributed by atoms with E-state index >= 15 is 0 Å². The Labute approximate surface area is 100 Å². The topological polar surface area (TPSA) is 12.5 Å². The lowest BCUT2D eigenvalue weighted by atomic mass is 10.0. The zero-order valence-corrected chi connectivity index (χ0v) is 11.4. The molecule has 1 aromatic rings. The summed E-state index contributed by atoms with van der Waals surface area (Å²) in [4.78, 5) is 2.22.